The molecule has 1 unspecified atom stereocenters. The third-order valence-corrected chi connectivity index (χ3v) is 5.60. The second kappa shape index (κ2) is 10.8. The Morgan fingerprint density at radius 3 is 2.85 bits per heavy atom. The summed E-state index contributed by atoms with van der Waals surface area (Å²) in [5.41, 5.74) is 0. The molecule has 0 spiro atoms. The van der Waals surface area contributed by atoms with E-state index in [1.807, 2.05) is 0 Å². The van der Waals surface area contributed by atoms with E-state index < -0.39 is 0 Å². The van der Waals surface area contributed by atoms with Crippen LogP contribution in [0.5, 0.6) is 0 Å². The summed E-state index contributed by atoms with van der Waals surface area (Å²) in [5, 5.41) is 4.44. The highest BCUT2D eigenvalue weighted by Gasteiger charge is 2.22. The van der Waals surface area contributed by atoms with Crippen LogP contribution in [0.3, 0.4) is 0 Å². The third-order valence-electron chi connectivity index (χ3n) is 4.78. The van der Waals surface area contributed by atoms with Crippen LogP contribution in [-0.4, -0.2) is 85.4 Å². The molecule has 152 valence electrons. The van der Waals surface area contributed by atoms with Crippen LogP contribution in [0.2, 0.25) is 0 Å². The molecule has 1 aromatic rings. The smallest absolute Gasteiger partial charge is 0.205 e. The largest absolute Gasteiger partial charge is 0.377 e. The summed E-state index contributed by atoms with van der Waals surface area (Å²) < 4.78 is 15.7. The van der Waals surface area contributed by atoms with Crippen molar-refractivity contribution in [2.75, 3.05) is 64.0 Å². The normalized spacial score (nSPS) is 21.1. The second-order valence-electron chi connectivity index (χ2n) is 6.77. The van der Waals surface area contributed by atoms with Crippen LogP contribution < -0.4 is 10.2 Å². The fraction of sp³-hybridized carbons (Fsp3) is 0.833. The van der Waals surface area contributed by atoms with Crippen molar-refractivity contribution in [2.24, 2.45) is 4.99 Å². The quantitative estimate of drug-likeness (QED) is 0.404. The average Bonchev–Trinajstić information content (AvgIpc) is 3.39. The first-order chi connectivity index (χ1) is 13.3. The molecule has 0 saturated carbocycles. The molecular weight excluding hydrogens is 364 g/mol. The summed E-state index contributed by atoms with van der Waals surface area (Å²) in [6.07, 6.45) is 3.44. The van der Waals surface area contributed by atoms with Crippen LogP contribution in [0, 0.1) is 0 Å². The molecule has 8 nitrogen and oxygen atoms in total. The number of hydrogen-bond acceptors (Lipinski definition) is 7. The van der Waals surface area contributed by atoms with Crippen LogP contribution in [0.1, 0.15) is 32.5 Å². The van der Waals surface area contributed by atoms with Crippen LogP contribution in [-0.2, 0) is 15.9 Å². The van der Waals surface area contributed by atoms with Crippen molar-refractivity contribution in [1.29, 1.82) is 0 Å². The maximum absolute atomic E-state index is 5.72. The lowest BCUT2D eigenvalue weighted by atomic mass is 10.2. The molecule has 2 aliphatic heterocycles. The van der Waals surface area contributed by atoms with Gasteiger partial charge in [-0.15, -0.1) is 0 Å². The second-order valence-corrected chi connectivity index (χ2v) is 7.50. The van der Waals surface area contributed by atoms with Gasteiger partial charge in [-0.1, -0.05) is 6.92 Å². The van der Waals surface area contributed by atoms with Gasteiger partial charge in [-0.25, -0.2) is 4.98 Å². The summed E-state index contributed by atoms with van der Waals surface area (Å²) in [7, 11) is 0. The molecule has 2 fully saturated rings. The van der Waals surface area contributed by atoms with Crippen molar-refractivity contribution in [3.63, 3.8) is 0 Å². The van der Waals surface area contributed by atoms with E-state index in [0.717, 1.165) is 75.5 Å². The van der Waals surface area contributed by atoms with Gasteiger partial charge in [0.15, 0.2) is 5.96 Å². The molecule has 0 aliphatic carbocycles. The van der Waals surface area contributed by atoms with Crippen molar-refractivity contribution in [3.8, 4) is 0 Å². The average molecular weight is 397 g/mol. The van der Waals surface area contributed by atoms with Gasteiger partial charge in [0, 0.05) is 57.3 Å². The van der Waals surface area contributed by atoms with Gasteiger partial charge in [-0.3, -0.25) is 4.99 Å². The van der Waals surface area contributed by atoms with Gasteiger partial charge in [0.25, 0.3) is 0 Å². The van der Waals surface area contributed by atoms with Gasteiger partial charge in [0.1, 0.15) is 5.82 Å². The minimum absolute atomic E-state index is 0.281. The van der Waals surface area contributed by atoms with E-state index in [1.165, 1.54) is 11.5 Å². The predicted octanol–water partition coefficient (Wildman–Crippen LogP) is 1.38. The topological polar surface area (TPSA) is 75.1 Å². The molecule has 3 heterocycles. The van der Waals surface area contributed by atoms with E-state index in [2.05, 4.69) is 38.3 Å². The summed E-state index contributed by atoms with van der Waals surface area (Å²) in [5.74, 6) is 1.92. The van der Waals surface area contributed by atoms with E-state index in [0.29, 0.717) is 19.8 Å². The Labute approximate surface area is 166 Å². The fourth-order valence-electron chi connectivity index (χ4n) is 3.26. The number of aryl methyl sites for hydroxylation is 1. The van der Waals surface area contributed by atoms with Crippen molar-refractivity contribution in [3.05, 3.63) is 5.82 Å². The number of aromatic nitrogens is 2. The maximum atomic E-state index is 5.72. The molecule has 1 atom stereocenters. The molecule has 0 bridgehead atoms. The van der Waals surface area contributed by atoms with Crippen molar-refractivity contribution < 1.29 is 9.47 Å². The highest BCUT2D eigenvalue weighted by Crippen LogP contribution is 2.19. The third kappa shape index (κ3) is 6.02. The molecule has 2 aliphatic rings. The van der Waals surface area contributed by atoms with Crippen molar-refractivity contribution in [1.82, 2.24) is 19.6 Å². The molecule has 27 heavy (non-hydrogen) atoms. The maximum Gasteiger partial charge on any atom is 0.205 e. The minimum Gasteiger partial charge on any atom is -0.377 e. The number of anilines is 1. The Morgan fingerprint density at radius 2 is 2.19 bits per heavy atom. The number of guanidine groups is 1. The van der Waals surface area contributed by atoms with Crippen LogP contribution in [0.25, 0.3) is 0 Å². The number of hydrogen-bond donors (Lipinski definition) is 1. The first kappa shape index (κ1) is 20.3. The van der Waals surface area contributed by atoms with Gasteiger partial charge in [-0.2, -0.15) is 4.37 Å². The lowest BCUT2D eigenvalue weighted by molar-refractivity contribution is 0.0199. The Morgan fingerprint density at radius 1 is 1.33 bits per heavy atom. The molecule has 1 aromatic heterocycles. The van der Waals surface area contributed by atoms with Crippen molar-refractivity contribution >= 4 is 22.6 Å². The molecule has 0 amide bonds. The van der Waals surface area contributed by atoms with Gasteiger partial charge in [0.05, 0.1) is 25.9 Å². The zero-order chi connectivity index (χ0) is 18.9. The molecule has 2 saturated heterocycles. The van der Waals surface area contributed by atoms with E-state index in [9.17, 15) is 0 Å². The number of aliphatic imine (C=N–C) groups is 1. The van der Waals surface area contributed by atoms with Crippen molar-refractivity contribution in [2.45, 2.75) is 39.2 Å². The first-order valence-electron chi connectivity index (χ1n) is 10.1. The summed E-state index contributed by atoms with van der Waals surface area (Å²) in [6.45, 7) is 11.7. The number of ether oxygens (including phenoxy) is 2. The van der Waals surface area contributed by atoms with Gasteiger partial charge in [0.2, 0.25) is 5.13 Å². The zero-order valence-electron chi connectivity index (χ0n) is 16.5. The number of nitrogens with zero attached hydrogens (tertiary/aromatic N) is 5. The molecule has 3 rings (SSSR count). The monoisotopic (exact) mass is 396 g/mol. The highest BCUT2D eigenvalue weighted by atomic mass is 32.1. The Bertz CT molecular complexity index is 582. The lowest BCUT2D eigenvalue weighted by Gasteiger charge is -2.36. The van der Waals surface area contributed by atoms with Gasteiger partial charge < -0.3 is 24.6 Å². The Hall–Kier alpha value is -1.45. The van der Waals surface area contributed by atoms with E-state index in [4.69, 9.17) is 14.5 Å². The Balaban J connectivity index is 1.42. The van der Waals surface area contributed by atoms with Crippen LogP contribution in [0.4, 0.5) is 5.13 Å². The zero-order valence-corrected chi connectivity index (χ0v) is 17.3. The first-order valence-corrected chi connectivity index (χ1v) is 10.9. The summed E-state index contributed by atoms with van der Waals surface area (Å²) >= 11 is 1.50. The predicted molar refractivity (Wildman–Crippen MR) is 109 cm³/mol. The minimum atomic E-state index is 0.281. The number of piperazine rings is 1. The van der Waals surface area contributed by atoms with Gasteiger partial charge >= 0.3 is 0 Å². The van der Waals surface area contributed by atoms with E-state index >= 15 is 0 Å². The Kier molecular flexibility index (Phi) is 8.10. The lowest BCUT2D eigenvalue weighted by Crippen LogP contribution is -2.52. The number of rotatable bonds is 8. The highest BCUT2D eigenvalue weighted by molar-refractivity contribution is 7.09. The summed E-state index contributed by atoms with van der Waals surface area (Å²) in [4.78, 5) is 14.0. The fourth-order valence-corrected chi connectivity index (χ4v) is 4.06. The molecule has 1 N–H and O–H groups in total. The molecular formula is C18H32N6O2S. The summed E-state index contributed by atoms with van der Waals surface area (Å²) in [6, 6.07) is 0. The molecule has 0 aromatic carbocycles. The van der Waals surface area contributed by atoms with Crippen LogP contribution in [0.15, 0.2) is 4.99 Å². The van der Waals surface area contributed by atoms with Crippen LogP contribution >= 0.6 is 11.5 Å². The molecule has 9 heteroatoms. The SMILES string of the molecule is CCNC(=NCCOCC1CCCO1)N1CCN(c2nc(CC)ns2)CC1. The number of nitrogens with one attached hydrogen (secondary N) is 1. The van der Waals surface area contributed by atoms with E-state index in [1.54, 1.807) is 0 Å². The standard InChI is InChI=1S/C18H32N6O2S/c1-3-16-21-18(27-22-16)24-10-8-23(9-11-24)17(19-4-2)20-7-13-25-14-15-6-5-12-26-15/h15H,3-14H2,1-2H3,(H,19,20). The van der Waals surface area contributed by atoms with Gasteiger partial charge in [-0.05, 0) is 19.8 Å². The molecule has 0 radical (unpaired) electrons. The van der Waals surface area contributed by atoms with E-state index in [-0.39, 0.29) is 6.10 Å².